The topological polar surface area (TPSA) is 85.8 Å². The van der Waals surface area contributed by atoms with E-state index in [9.17, 15) is 4.79 Å². The molecule has 0 fully saturated rings. The standard InChI is InChI=1S/C11H13N5O/c1-8-2-4-9(5-3-8)13-11(17)7-16-6-10(12)14-15-16/h2-6H,7,12H2,1H3,(H,13,17). The van der Waals surface area contributed by atoms with Crippen molar-refractivity contribution in [3.8, 4) is 0 Å². The van der Waals surface area contributed by atoms with Crippen molar-refractivity contribution in [2.75, 3.05) is 11.1 Å². The van der Waals surface area contributed by atoms with Crippen molar-refractivity contribution in [1.29, 1.82) is 0 Å². The number of amides is 1. The lowest BCUT2D eigenvalue weighted by Crippen LogP contribution is -2.19. The first kappa shape index (κ1) is 11.1. The molecule has 17 heavy (non-hydrogen) atoms. The Hall–Kier alpha value is -2.37. The first-order chi connectivity index (χ1) is 8.13. The molecule has 6 nitrogen and oxygen atoms in total. The van der Waals surface area contributed by atoms with Crippen LogP contribution in [0.25, 0.3) is 0 Å². The van der Waals surface area contributed by atoms with Crippen LogP contribution in [0.1, 0.15) is 5.56 Å². The minimum atomic E-state index is -0.168. The smallest absolute Gasteiger partial charge is 0.246 e. The zero-order valence-corrected chi connectivity index (χ0v) is 9.42. The Balaban J connectivity index is 1.95. The van der Waals surface area contributed by atoms with E-state index in [2.05, 4.69) is 15.6 Å². The molecule has 0 saturated heterocycles. The van der Waals surface area contributed by atoms with Gasteiger partial charge in [0.1, 0.15) is 6.54 Å². The van der Waals surface area contributed by atoms with Crippen molar-refractivity contribution >= 4 is 17.4 Å². The molecule has 0 saturated carbocycles. The summed E-state index contributed by atoms with van der Waals surface area (Å²) in [5, 5.41) is 10.0. The highest BCUT2D eigenvalue weighted by atomic mass is 16.2. The molecule has 6 heteroatoms. The summed E-state index contributed by atoms with van der Waals surface area (Å²) in [6, 6.07) is 7.57. The second kappa shape index (κ2) is 4.65. The van der Waals surface area contributed by atoms with Gasteiger partial charge in [0.15, 0.2) is 5.82 Å². The molecule has 0 unspecified atom stereocenters. The Morgan fingerprint density at radius 1 is 1.41 bits per heavy atom. The van der Waals surface area contributed by atoms with Crippen LogP contribution in [0, 0.1) is 6.92 Å². The Labute approximate surface area is 98.4 Å². The number of aromatic nitrogens is 3. The molecule has 0 aliphatic rings. The van der Waals surface area contributed by atoms with Gasteiger partial charge in [0, 0.05) is 5.69 Å². The summed E-state index contributed by atoms with van der Waals surface area (Å²) in [4.78, 5) is 11.6. The molecule has 1 aromatic heterocycles. The number of nitrogens with one attached hydrogen (secondary N) is 1. The van der Waals surface area contributed by atoms with Gasteiger partial charge in [0.05, 0.1) is 6.20 Å². The Morgan fingerprint density at radius 3 is 2.71 bits per heavy atom. The molecule has 0 spiro atoms. The van der Waals surface area contributed by atoms with Crippen molar-refractivity contribution in [2.24, 2.45) is 0 Å². The molecular formula is C11H13N5O. The number of anilines is 2. The van der Waals surface area contributed by atoms with Crippen molar-refractivity contribution in [3.63, 3.8) is 0 Å². The predicted octanol–water partition coefficient (Wildman–Crippen LogP) is 0.807. The van der Waals surface area contributed by atoms with E-state index in [0.29, 0.717) is 5.82 Å². The van der Waals surface area contributed by atoms with Crippen molar-refractivity contribution in [1.82, 2.24) is 15.0 Å². The molecule has 0 aliphatic carbocycles. The second-order valence-corrected chi connectivity index (χ2v) is 3.76. The third-order valence-corrected chi connectivity index (χ3v) is 2.20. The molecule has 0 aliphatic heterocycles. The second-order valence-electron chi connectivity index (χ2n) is 3.76. The Bertz CT molecular complexity index is 517. The first-order valence-electron chi connectivity index (χ1n) is 5.15. The number of carbonyl (C=O) groups excluding carboxylic acids is 1. The maximum absolute atomic E-state index is 11.6. The predicted molar refractivity (Wildman–Crippen MR) is 64.2 cm³/mol. The van der Waals surface area contributed by atoms with Crippen molar-refractivity contribution < 1.29 is 4.79 Å². The number of nitrogen functional groups attached to an aromatic ring is 1. The molecule has 1 amide bonds. The molecule has 1 aromatic carbocycles. The Morgan fingerprint density at radius 2 is 2.12 bits per heavy atom. The fourth-order valence-corrected chi connectivity index (χ4v) is 1.38. The summed E-state index contributed by atoms with van der Waals surface area (Å²) in [6.07, 6.45) is 1.51. The van der Waals surface area contributed by atoms with Crippen LogP contribution in [0.3, 0.4) is 0 Å². The molecule has 88 valence electrons. The van der Waals surface area contributed by atoms with Crippen LogP contribution in [0.15, 0.2) is 30.5 Å². The van der Waals surface area contributed by atoms with E-state index in [4.69, 9.17) is 5.73 Å². The van der Waals surface area contributed by atoms with Crippen LogP contribution in [-0.2, 0) is 11.3 Å². The highest BCUT2D eigenvalue weighted by Crippen LogP contribution is 2.08. The Kier molecular flexibility index (Phi) is 3.04. The van der Waals surface area contributed by atoms with Gasteiger partial charge in [0.2, 0.25) is 5.91 Å². The van der Waals surface area contributed by atoms with Gasteiger partial charge in [-0.3, -0.25) is 4.79 Å². The third-order valence-electron chi connectivity index (χ3n) is 2.20. The maximum Gasteiger partial charge on any atom is 0.246 e. The van der Waals surface area contributed by atoms with Gasteiger partial charge in [-0.05, 0) is 19.1 Å². The lowest BCUT2D eigenvalue weighted by atomic mass is 10.2. The number of rotatable bonds is 3. The van der Waals surface area contributed by atoms with Gasteiger partial charge in [-0.1, -0.05) is 22.9 Å². The van der Waals surface area contributed by atoms with Crippen LogP contribution in [0.2, 0.25) is 0 Å². The average molecular weight is 231 g/mol. The summed E-state index contributed by atoms with van der Waals surface area (Å²) in [7, 11) is 0. The summed E-state index contributed by atoms with van der Waals surface area (Å²) < 4.78 is 1.39. The van der Waals surface area contributed by atoms with E-state index in [-0.39, 0.29) is 12.5 Å². The molecule has 0 atom stereocenters. The monoisotopic (exact) mass is 231 g/mol. The highest BCUT2D eigenvalue weighted by molar-refractivity contribution is 5.90. The van der Waals surface area contributed by atoms with Crippen LogP contribution in [-0.4, -0.2) is 20.9 Å². The number of nitrogens with zero attached hydrogens (tertiary/aromatic N) is 3. The number of aryl methyl sites for hydroxylation is 1. The summed E-state index contributed by atoms with van der Waals surface area (Å²) >= 11 is 0. The number of hydrogen-bond acceptors (Lipinski definition) is 4. The van der Waals surface area contributed by atoms with Crippen LogP contribution in [0.4, 0.5) is 11.5 Å². The van der Waals surface area contributed by atoms with E-state index >= 15 is 0 Å². The minimum absolute atomic E-state index is 0.0953. The molecule has 1 heterocycles. The average Bonchev–Trinajstić information content (AvgIpc) is 2.67. The normalized spacial score (nSPS) is 10.2. The molecule has 2 aromatic rings. The number of carbonyl (C=O) groups is 1. The van der Waals surface area contributed by atoms with E-state index in [1.54, 1.807) is 0 Å². The van der Waals surface area contributed by atoms with Gasteiger partial charge >= 0.3 is 0 Å². The highest BCUT2D eigenvalue weighted by Gasteiger charge is 2.04. The molecular weight excluding hydrogens is 218 g/mol. The zero-order chi connectivity index (χ0) is 12.3. The summed E-state index contributed by atoms with van der Waals surface area (Å²) in [5.41, 5.74) is 7.30. The lowest BCUT2D eigenvalue weighted by molar-refractivity contribution is -0.116. The quantitative estimate of drug-likeness (QED) is 0.818. The number of hydrogen-bond donors (Lipinski definition) is 2. The van der Waals surface area contributed by atoms with Crippen molar-refractivity contribution in [3.05, 3.63) is 36.0 Å². The van der Waals surface area contributed by atoms with Gasteiger partial charge in [0.25, 0.3) is 0 Å². The van der Waals surface area contributed by atoms with E-state index in [1.807, 2.05) is 31.2 Å². The zero-order valence-electron chi connectivity index (χ0n) is 9.42. The maximum atomic E-state index is 11.6. The SMILES string of the molecule is Cc1ccc(NC(=O)Cn2cc(N)nn2)cc1. The fourth-order valence-electron chi connectivity index (χ4n) is 1.38. The van der Waals surface area contributed by atoms with Gasteiger partial charge in [-0.25, -0.2) is 4.68 Å². The number of benzene rings is 1. The van der Waals surface area contributed by atoms with Crippen LogP contribution >= 0.6 is 0 Å². The van der Waals surface area contributed by atoms with Gasteiger partial charge < -0.3 is 11.1 Å². The minimum Gasteiger partial charge on any atom is -0.381 e. The van der Waals surface area contributed by atoms with E-state index < -0.39 is 0 Å². The molecule has 3 N–H and O–H groups in total. The fraction of sp³-hybridized carbons (Fsp3) is 0.182. The molecule has 0 radical (unpaired) electrons. The molecule has 0 bridgehead atoms. The van der Waals surface area contributed by atoms with Gasteiger partial charge in [-0.2, -0.15) is 0 Å². The lowest BCUT2D eigenvalue weighted by Gasteiger charge is -2.04. The van der Waals surface area contributed by atoms with Crippen LogP contribution in [0.5, 0.6) is 0 Å². The van der Waals surface area contributed by atoms with Crippen molar-refractivity contribution in [2.45, 2.75) is 13.5 Å². The van der Waals surface area contributed by atoms with E-state index in [0.717, 1.165) is 11.3 Å². The van der Waals surface area contributed by atoms with Crippen LogP contribution < -0.4 is 11.1 Å². The number of nitrogens with two attached hydrogens (primary N) is 1. The van der Waals surface area contributed by atoms with Gasteiger partial charge in [-0.15, -0.1) is 5.10 Å². The largest absolute Gasteiger partial charge is 0.381 e. The third kappa shape index (κ3) is 3.04. The first-order valence-corrected chi connectivity index (χ1v) is 5.15. The summed E-state index contributed by atoms with van der Waals surface area (Å²) in [5.74, 6) is 0.131. The van der Waals surface area contributed by atoms with E-state index in [1.165, 1.54) is 10.9 Å². The molecule has 2 rings (SSSR count). The summed E-state index contributed by atoms with van der Waals surface area (Å²) in [6.45, 7) is 2.09.